The number of hydrogen-bond acceptors (Lipinski definition) is 3. The highest BCUT2D eigenvalue weighted by Gasteiger charge is 2.39. The fourth-order valence-electron chi connectivity index (χ4n) is 1.63. The Morgan fingerprint density at radius 3 is 2.33 bits per heavy atom. The van der Waals surface area contributed by atoms with Crippen molar-refractivity contribution in [2.24, 2.45) is 5.92 Å². The van der Waals surface area contributed by atoms with Crippen LogP contribution in [0.5, 0.6) is 0 Å². The SMILES string of the molecule is O=C(O)C(NS(=O)(=O)c1ccc(Cl)cc1)C1CC1. The summed E-state index contributed by atoms with van der Waals surface area (Å²) in [4.78, 5) is 11.0. The Kier molecular flexibility index (Phi) is 3.61. The van der Waals surface area contributed by atoms with E-state index < -0.39 is 22.0 Å². The third-order valence-corrected chi connectivity index (χ3v) is 4.47. The van der Waals surface area contributed by atoms with Crippen molar-refractivity contribution in [2.45, 2.75) is 23.8 Å². The van der Waals surface area contributed by atoms with Gasteiger partial charge >= 0.3 is 5.97 Å². The number of benzene rings is 1. The Hall–Kier alpha value is -1.11. The first-order valence-electron chi connectivity index (χ1n) is 5.41. The maximum absolute atomic E-state index is 12.0. The Morgan fingerprint density at radius 1 is 1.33 bits per heavy atom. The lowest BCUT2D eigenvalue weighted by atomic mass is 10.2. The molecule has 1 aliphatic carbocycles. The van der Waals surface area contributed by atoms with Crippen LogP contribution in [0.2, 0.25) is 5.02 Å². The number of carbonyl (C=O) groups is 1. The van der Waals surface area contributed by atoms with Gasteiger partial charge in [-0.3, -0.25) is 4.79 Å². The lowest BCUT2D eigenvalue weighted by Gasteiger charge is -2.13. The summed E-state index contributed by atoms with van der Waals surface area (Å²) in [7, 11) is -3.82. The summed E-state index contributed by atoms with van der Waals surface area (Å²) < 4.78 is 26.2. The Balaban J connectivity index is 2.20. The van der Waals surface area contributed by atoms with Crippen LogP contribution >= 0.6 is 11.6 Å². The van der Waals surface area contributed by atoms with Gasteiger partial charge in [-0.05, 0) is 43.0 Å². The molecule has 1 aromatic carbocycles. The molecule has 7 heteroatoms. The topological polar surface area (TPSA) is 83.5 Å². The minimum atomic E-state index is -3.82. The van der Waals surface area contributed by atoms with Gasteiger partial charge in [-0.25, -0.2) is 8.42 Å². The van der Waals surface area contributed by atoms with E-state index in [0.717, 1.165) is 12.8 Å². The number of carboxylic acid groups (broad SMARTS) is 1. The molecule has 0 saturated heterocycles. The minimum absolute atomic E-state index is 0.0128. The van der Waals surface area contributed by atoms with Crippen molar-refractivity contribution in [3.8, 4) is 0 Å². The van der Waals surface area contributed by atoms with E-state index in [1.54, 1.807) is 0 Å². The van der Waals surface area contributed by atoms with E-state index >= 15 is 0 Å². The summed E-state index contributed by atoms with van der Waals surface area (Å²) in [5.74, 6) is -1.25. The molecule has 98 valence electrons. The summed E-state index contributed by atoms with van der Waals surface area (Å²) in [6.45, 7) is 0. The van der Waals surface area contributed by atoms with Crippen LogP contribution in [-0.4, -0.2) is 25.5 Å². The largest absolute Gasteiger partial charge is 0.480 e. The molecular weight excluding hydrogens is 278 g/mol. The van der Waals surface area contributed by atoms with Gasteiger partial charge in [-0.15, -0.1) is 0 Å². The number of nitrogens with one attached hydrogen (secondary N) is 1. The molecule has 0 aromatic heterocycles. The maximum Gasteiger partial charge on any atom is 0.322 e. The zero-order valence-electron chi connectivity index (χ0n) is 9.34. The van der Waals surface area contributed by atoms with Crippen LogP contribution in [0.15, 0.2) is 29.2 Å². The van der Waals surface area contributed by atoms with Crippen molar-refractivity contribution in [3.63, 3.8) is 0 Å². The number of rotatable bonds is 5. The van der Waals surface area contributed by atoms with E-state index in [-0.39, 0.29) is 10.8 Å². The number of halogens is 1. The smallest absolute Gasteiger partial charge is 0.322 e. The van der Waals surface area contributed by atoms with Gasteiger partial charge < -0.3 is 5.11 Å². The molecule has 0 bridgehead atoms. The summed E-state index contributed by atoms with van der Waals surface area (Å²) in [5, 5.41) is 9.41. The number of hydrogen-bond donors (Lipinski definition) is 2. The van der Waals surface area contributed by atoms with Gasteiger partial charge in [0.05, 0.1) is 4.90 Å². The van der Waals surface area contributed by atoms with E-state index in [1.807, 2.05) is 0 Å². The van der Waals surface area contributed by atoms with E-state index in [9.17, 15) is 13.2 Å². The lowest BCUT2D eigenvalue weighted by Crippen LogP contribution is -2.42. The first-order chi connectivity index (χ1) is 8.40. The van der Waals surface area contributed by atoms with Gasteiger partial charge in [0, 0.05) is 5.02 Å². The average Bonchev–Trinajstić information content (AvgIpc) is 3.10. The van der Waals surface area contributed by atoms with Crippen molar-refractivity contribution < 1.29 is 18.3 Å². The van der Waals surface area contributed by atoms with Gasteiger partial charge in [-0.1, -0.05) is 11.6 Å². The van der Waals surface area contributed by atoms with Crippen LogP contribution in [0.25, 0.3) is 0 Å². The molecule has 1 aromatic rings. The number of aliphatic carboxylic acids is 1. The lowest BCUT2D eigenvalue weighted by molar-refractivity contribution is -0.139. The van der Waals surface area contributed by atoms with Crippen molar-refractivity contribution >= 4 is 27.6 Å². The molecule has 1 aliphatic rings. The minimum Gasteiger partial charge on any atom is -0.480 e. The molecule has 1 unspecified atom stereocenters. The molecule has 5 nitrogen and oxygen atoms in total. The van der Waals surface area contributed by atoms with Crippen LogP contribution < -0.4 is 4.72 Å². The first kappa shape index (κ1) is 13.3. The highest BCUT2D eigenvalue weighted by Crippen LogP contribution is 2.33. The average molecular weight is 290 g/mol. The van der Waals surface area contributed by atoms with Crippen molar-refractivity contribution in [3.05, 3.63) is 29.3 Å². The molecule has 1 atom stereocenters. The van der Waals surface area contributed by atoms with Crippen molar-refractivity contribution in [1.82, 2.24) is 4.72 Å². The Morgan fingerprint density at radius 2 is 1.89 bits per heavy atom. The molecule has 0 aliphatic heterocycles. The summed E-state index contributed by atoms with van der Waals surface area (Å²) >= 11 is 5.67. The zero-order chi connectivity index (χ0) is 13.3. The summed E-state index contributed by atoms with van der Waals surface area (Å²) in [5.41, 5.74) is 0. The van der Waals surface area contributed by atoms with E-state index in [4.69, 9.17) is 16.7 Å². The molecule has 2 N–H and O–H groups in total. The molecule has 0 spiro atoms. The molecule has 0 radical (unpaired) electrons. The summed E-state index contributed by atoms with van der Waals surface area (Å²) in [6.07, 6.45) is 1.47. The van der Waals surface area contributed by atoms with Crippen LogP contribution in [0.4, 0.5) is 0 Å². The highest BCUT2D eigenvalue weighted by atomic mass is 35.5. The van der Waals surface area contributed by atoms with Gasteiger partial charge in [0.1, 0.15) is 6.04 Å². The van der Waals surface area contributed by atoms with Gasteiger partial charge in [0.25, 0.3) is 0 Å². The molecule has 0 heterocycles. The standard InChI is InChI=1S/C11H12ClNO4S/c12-8-3-5-9(6-4-8)18(16,17)13-10(11(14)15)7-1-2-7/h3-7,10,13H,1-2H2,(H,14,15). The van der Waals surface area contributed by atoms with Crippen LogP contribution in [0, 0.1) is 5.92 Å². The predicted molar refractivity (Wildman–Crippen MR) is 65.9 cm³/mol. The molecule has 18 heavy (non-hydrogen) atoms. The normalized spacial score (nSPS) is 17.4. The van der Waals surface area contributed by atoms with Crippen molar-refractivity contribution in [2.75, 3.05) is 0 Å². The quantitative estimate of drug-likeness (QED) is 0.860. The third kappa shape index (κ3) is 3.01. The second kappa shape index (κ2) is 4.87. The fraction of sp³-hybridized carbons (Fsp3) is 0.364. The molecular formula is C11H12ClNO4S. The Labute approximate surface area is 110 Å². The fourth-order valence-corrected chi connectivity index (χ4v) is 3.01. The maximum atomic E-state index is 12.0. The van der Waals surface area contributed by atoms with Crippen LogP contribution in [0.3, 0.4) is 0 Å². The third-order valence-electron chi connectivity index (χ3n) is 2.77. The second-order valence-electron chi connectivity index (χ2n) is 4.23. The summed E-state index contributed by atoms with van der Waals surface area (Å²) in [6, 6.07) is 4.53. The zero-order valence-corrected chi connectivity index (χ0v) is 10.9. The van der Waals surface area contributed by atoms with E-state index in [2.05, 4.69) is 4.72 Å². The van der Waals surface area contributed by atoms with Crippen LogP contribution in [-0.2, 0) is 14.8 Å². The van der Waals surface area contributed by atoms with Gasteiger partial charge in [-0.2, -0.15) is 4.72 Å². The van der Waals surface area contributed by atoms with E-state index in [0.29, 0.717) is 5.02 Å². The Bertz CT molecular complexity index is 551. The molecule has 2 rings (SSSR count). The number of carboxylic acids is 1. The van der Waals surface area contributed by atoms with E-state index in [1.165, 1.54) is 24.3 Å². The predicted octanol–water partition coefficient (Wildman–Crippen LogP) is 1.48. The molecule has 1 fully saturated rings. The van der Waals surface area contributed by atoms with Gasteiger partial charge in [0.2, 0.25) is 10.0 Å². The highest BCUT2D eigenvalue weighted by molar-refractivity contribution is 7.89. The molecule has 0 amide bonds. The second-order valence-corrected chi connectivity index (χ2v) is 6.38. The first-order valence-corrected chi connectivity index (χ1v) is 7.27. The van der Waals surface area contributed by atoms with Crippen molar-refractivity contribution in [1.29, 1.82) is 0 Å². The van der Waals surface area contributed by atoms with Gasteiger partial charge in [0.15, 0.2) is 0 Å². The molecule has 1 saturated carbocycles. The number of sulfonamides is 1. The monoisotopic (exact) mass is 289 g/mol. The van der Waals surface area contributed by atoms with Crippen LogP contribution in [0.1, 0.15) is 12.8 Å².